The van der Waals surface area contributed by atoms with E-state index < -0.39 is 0 Å². The molecule has 0 aliphatic carbocycles. The van der Waals surface area contributed by atoms with Crippen molar-refractivity contribution in [2.24, 2.45) is 0 Å². The van der Waals surface area contributed by atoms with Crippen LogP contribution in [0, 0.1) is 13.8 Å². The molecule has 0 radical (unpaired) electrons. The summed E-state index contributed by atoms with van der Waals surface area (Å²) in [5.41, 5.74) is 3.38. The van der Waals surface area contributed by atoms with Crippen LogP contribution in [-0.4, -0.2) is 50.9 Å². The molecule has 1 aromatic rings. The molecule has 0 aromatic carbocycles. The van der Waals surface area contributed by atoms with Crippen molar-refractivity contribution >= 4 is 5.95 Å². The quantitative estimate of drug-likeness (QED) is 0.732. The van der Waals surface area contributed by atoms with E-state index in [1.165, 1.54) is 5.56 Å². The molecule has 0 saturated carbocycles. The maximum Gasteiger partial charge on any atom is 0.225 e. The van der Waals surface area contributed by atoms with Gasteiger partial charge in [0.15, 0.2) is 0 Å². The van der Waals surface area contributed by atoms with Crippen LogP contribution in [0.25, 0.3) is 0 Å². The molecule has 102 valence electrons. The smallest absolute Gasteiger partial charge is 0.225 e. The first-order valence-corrected chi connectivity index (χ1v) is 6.27. The molecule has 0 unspecified atom stereocenters. The van der Waals surface area contributed by atoms with Gasteiger partial charge in [0.25, 0.3) is 0 Å². The second kappa shape index (κ2) is 7.28. The lowest BCUT2D eigenvalue weighted by molar-refractivity contribution is 0.199. The summed E-state index contributed by atoms with van der Waals surface area (Å²) in [5.74, 6) is 0.779. The normalized spacial score (nSPS) is 10.7. The fourth-order valence-electron chi connectivity index (χ4n) is 1.80. The lowest BCUT2D eigenvalue weighted by atomic mass is 10.1. The van der Waals surface area contributed by atoms with Crippen LogP contribution >= 0.6 is 0 Å². The van der Waals surface area contributed by atoms with Gasteiger partial charge in [0.2, 0.25) is 5.95 Å². The Balaban J connectivity index is 2.60. The number of methoxy groups -OCH3 is 1. The Labute approximate surface area is 110 Å². The van der Waals surface area contributed by atoms with Gasteiger partial charge in [-0.15, -0.1) is 0 Å². The van der Waals surface area contributed by atoms with E-state index >= 15 is 0 Å². The molecule has 1 aromatic heterocycles. The van der Waals surface area contributed by atoms with Crippen LogP contribution in [-0.2, 0) is 11.2 Å². The summed E-state index contributed by atoms with van der Waals surface area (Å²) in [6.07, 6.45) is 0.953. The van der Waals surface area contributed by atoms with Crippen molar-refractivity contribution in [3.05, 3.63) is 17.0 Å². The van der Waals surface area contributed by atoms with Gasteiger partial charge in [-0.1, -0.05) is 0 Å². The molecule has 18 heavy (non-hydrogen) atoms. The second-order valence-electron chi connectivity index (χ2n) is 4.56. The molecular formula is C13H24N4O. The summed E-state index contributed by atoms with van der Waals surface area (Å²) >= 11 is 0. The first kappa shape index (κ1) is 14.9. The van der Waals surface area contributed by atoms with Crippen molar-refractivity contribution in [2.45, 2.75) is 20.3 Å². The maximum absolute atomic E-state index is 4.99. The van der Waals surface area contributed by atoms with Crippen LogP contribution in [0.1, 0.15) is 17.0 Å². The number of hydrogen-bond acceptors (Lipinski definition) is 5. The number of aromatic nitrogens is 2. The average molecular weight is 252 g/mol. The van der Waals surface area contributed by atoms with Crippen molar-refractivity contribution in [3.63, 3.8) is 0 Å². The molecule has 0 aliphatic heterocycles. The van der Waals surface area contributed by atoms with Gasteiger partial charge < -0.3 is 15.0 Å². The van der Waals surface area contributed by atoms with Gasteiger partial charge in [0, 0.05) is 39.1 Å². The summed E-state index contributed by atoms with van der Waals surface area (Å²) in [6.45, 7) is 6.65. The molecule has 5 nitrogen and oxygen atoms in total. The average Bonchev–Trinajstić information content (AvgIpc) is 2.31. The third-order valence-corrected chi connectivity index (χ3v) is 2.84. The minimum Gasteiger partial charge on any atom is -0.383 e. The van der Waals surface area contributed by atoms with E-state index in [1.54, 1.807) is 7.11 Å². The molecule has 0 saturated heterocycles. The van der Waals surface area contributed by atoms with E-state index in [0.717, 1.165) is 43.5 Å². The SMILES string of the molecule is COCCNCCc1c(C)nc(N(C)C)nc1C. The van der Waals surface area contributed by atoms with Crippen molar-refractivity contribution < 1.29 is 4.74 Å². The maximum atomic E-state index is 4.99. The van der Waals surface area contributed by atoms with Gasteiger partial charge >= 0.3 is 0 Å². The molecule has 0 spiro atoms. The van der Waals surface area contributed by atoms with Crippen LogP contribution in [0.3, 0.4) is 0 Å². The molecular weight excluding hydrogens is 228 g/mol. The van der Waals surface area contributed by atoms with Gasteiger partial charge in [-0.25, -0.2) is 9.97 Å². The van der Waals surface area contributed by atoms with Gasteiger partial charge in [-0.3, -0.25) is 0 Å². The Bertz CT molecular complexity index is 356. The Morgan fingerprint density at radius 3 is 2.22 bits per heavy atom. The minimum atomic E-state index is 0.744. The number of nitrogens with zero attached hydrogens (tertiary/aromatic N) is 3. The topological polar surface area (TPSA) is 50.3 Å². The summed E-state index contributed by atoms with van der Waals surface area (Å²) in [6, 6.07) is 0. The van der Waals surface area contributed by atoms with E-state index in [2.05, 4.69) is 15.3 Å². The lowest BCUT2D eigenvalue weighted by Crippen LogP contribution is -2.23. The van der Waals surface area contributed by atoms with Crippen LogP contribution in [0.15, 0.2) is 0 Å². The van der Waals surface area contributed by atoms with Gasteiger partial charge in [-0.05, 0) is 32.4 Å². The molecule has 1 N–H and O–H groups in total. The third kappa shape index (κ3) is 4.23. The van der Waals surface area contributed by atoms with Crippen molar-refractivity contribution in [1.82, 2.24) is 15.3 Å². The predicted octanol–water partition coefficient (Wildman–Crippen LogP) is 0.938. The molecule has 0 aliphatic rings. The van der Waals surface area contributed by atoms with Crippen molar-refractivity contribution in [2.75, 3.05) is 45.8 Å². The Morgan fingerprint density at radius 1 is 1.11 bits per heavy atom. The standard InChI is InChI=1S/C13H24N4O/c1-10-12(6-7-14-8-9-18-5)11(2)16-13(15-10)17(3)4/h14H,6-9H2,1-5H3. The molecule has 0 atom stereocenters. The third-order valence-electron chi connectivity index (χ3n) is 2.84. The lowest BCUT2D eigenvalue weighted by Gasteiger charge is -2.15. The van der Waals surface area contributed by atoms with E-state index in [4.69, 9.17) is 4.74 Å². The highest BCUT2D eigenvalue weighted by Gasteiger charge is 2.09. The van der Waals surface area contributed by atoms with E-state index in [0.29, 0.717) is 0 Å². The van der Waals surface area contributed by atoms with E-state index in [1.807, 2.05) is 32.8 Å². The van der Waals surface area contributed by atoms with Crippen LogP contribution < -0.4 is 10.2 Å². The Morgan fingerprint density at radius 2 is 1.72 bits per heavy atom. The van der Waals surface area contributed by atoms with Crippen LogP contribution in [0.4, 0.5) is 5.95 Å². The zero-order valence-electron chi connectivity index (χ0n) is 12.1. The molecule has 0 amide bonds. The summed E-state index contributed by atoms with van der Waals surface area (Å²) < 4.78 is 4.99. The molecule has 0 fully saturated rings. The number of nitrogens with one attached hydrogen (secondary N) is 1. The summed E-state index contributed by atoms with van der Waals surface area (Å²) in [5, 5.41) is 3.34. The van der Waals surface area contributed by atoms with Crippen molar-refractivity contribution in [1.29, 1.82) is 0 Å². The summed E-state index contributed by atoms with van der Waals surface area (Å²) in [7, 11) is 5.63. The van der Waals surface area contributed by atoms with Gasteiger partial charge in [0.1, 0.15) is 0 Å². The monoisotopic (exact) mass is 252 g/mol. The molecule has 1 heterocycles. The van der Waals surface area contributed by atoms with Crippen LogP contribution in [0.5, 0.6) is 0 Å². The summed E-state index contributed by atoms with van der Waals surface area (Å²) in [4.78, 5) is 11.0. The van der Waals surface area contributed by atoms with E-state index in [9.17, 15) is 0 Å². The minimum absolute atomic E-state index is 0.744. The number of aryl methyl sites for hydroxylation is 2. The molecule has 1 rings (SSSR count). The van der Waals surface area contributed by atoms with Gasteiger partial charge in [0.05, 0.1) is 6.61 Å². The fourth-order valence-corrected chi connectivity index (χ4v) is 1.80. The number of hydrogen-bond donors (Lipinski definition) is 1. The van der Waals surface area contributed by atoms with Crippen LogP contribution in [0.2, 0.25) is 0 Å². The first-order chi connectivity index (χ1) is 8.56. The predicted molar refractivity (Wildman–Crippen MR) is 74.3 cm³/mol. The zero-order valence-corrected chi connectivity index (χ0v) is 12.1. The zero-order chi connectivity index (χ0) is 13.5. The first-order valence-electron chi connectivity index (χ1n) is 6.27. The number of anilines is 1. The highest BCUT2D eigenvalue weighted by Crippen LogP contribution is 2.14. The number of rotatable bonds is 7. The highest BCUT2D eigenvalue weighted by atomic mass is 16.5. The highest BCUT2D eigenvalue weighted by molar-refractivity contribution is 5.35. The second-order valence-corrected chi connectivity index (χ2v) is 4.56. The number of ether oxygens (including phenoxy) is 1. The van der Waals surface area contributed by atoms with Crippen molar-refractivity contribution in [3.8, 4) is 0 Å². The molecule has 0 bridgehead atoms. The van der Waals surface area contributed by atoms with Gasteiger partial charge in [-0.2, -0.15) is 0 Å². The Hall–Kier alpha value is -1.20. The Kier molecular flexibility index (Phi) is 6.01. The largest absolute Gasteiger partial charge is 0.383 e. The molecule has 5 heteroatoms. The fraction of sp³-hybridized carbons (Fsp3) is 0.692. The van der Waals surface area contributed by atoms with E-state index in [-0.39, 0.29) is 0 Å².